The van der Waals surface area contributed by atoms with Gasteiger partial charge in [0.1, 0.15) is 11.8 Å². The number of hydrogen-bond acceptors (Lipinski definition) is 5. The molecule has 0 bridgehead atoms. The Labute approximate surface area is 103 Å². The number of fused-ring (bicyclic) bond motifs is 1. The van der Waals surface area contributed by atoms with Gasteiger partial charge in [0.05, 0.1) is 12.4 Å². The molecule has 18 heavy (non-hydrogen) atoms. The third kappa shape index (κ3) is 1.95. The Morgan fingerprint density at radius 3 is 3.06 bits per heavy atom. The van der Waals surface area contributed by atoms with Crippen molar-refractivity contribution in [3.8, 4) is 0 Å². The SMILES string of the molecule is O=C(O)C1CC(c2cc3cnncc3o2)CCN1. The lowest BCUT2D eigenvalue weighted by atomic mass is 9.90. The van der Waals surface area contributed by atoms with Crippen LogP contribution in [0.2, 0.25) is 0 Å². The molecule has 1 fully saturated rings. The van der Waals surface area contributed by atoms with Crippen LogP contribution in [0.25, 0.3) is 11.0 Å². The molecule has 94 valence electrons. The summed E-state index contributed by atoms with van der Waals surface area (Å²) in [5, 5.41) is 20.5. The van der Waals surface area contributed by atoms with Gasteiger partial charge in [-0.1, -0.05) is 0 Å². The van der Waals surface area contributed by atoms with E-state index < -0.39 is 12.0 Å². The van der Waals surface area contributed by atoms with Gasteiger partial charge >= 0.3 is 5.97 Å². The fourth-order valence-corrected chi connectivity index (χ4v) is 2.39. The minimum atomic E-state index is -0.806. The van der Waals surface area contributed by atoms with Gasteiger partial charge in [-0.15, -0.1) is 0 Å². The lowest BCUT2D eigenvalue weighted by Gasteiger charge is -2.26. The molecule has 3 heterocycles. The van der Waals surface area contributed by atoms with E-state index in [4.69, 9.17) is 9.52 Å². The second-order valence-corrected chi connectivity index (χ2v) is 4.52. The van der Waals surface area contributed by atoms with Crippen molar-refractivity contribution in [2.24, 2.45) is 0 Å². The third-order valence-corrected chi connectivity index (χ3v) is 3.35. The Balaban J connectivity index is 1.87. The number of carboxylic acids is 1. The lowest BCUT2D eigenvalue weighted by Crippen LogP contribution is -2.42. The topological polar surface area (TPSA) is 88.2 Å². The van der Waals surface area contributed by atoms with Crippen molar-refractivity contribution in [1.29, 1.82) is 0 Å². The predicted molar refractivity (Wildman–Crippen MR) is 63.2 cm³/mol. The van der Waals surface area contributed by atoms with Gasteiger partial charge in [-0.3, -0.25) is 4.79 Å². The smallest absolute Gasteiger partial charge is 0.320 e. The first kappa shape index (κ1) is 11.2. The molecule has 1 aliphatic rings. The number of hydrogen-bond donors (Lipinski definition) is 2. The van der Waals surface area contributed by atoms with E-state index in [1.54, 1.807) is 12.4 Å². The largest absolute Gasteiger partial charge is 0.480 e. The summed E-state index contributed by atoms with van der Waals surface area (Å²) in [6.07, 6.45) is 4.66. The Morgan fingerprint density at radius 1 is 1.44 bits per heavy atom. The second-order valence-electron chi connectivity index (χ2n) is 4.52. The molecule has 0 aromatic carbocycles. The summed E-state index contributed by atoms with van der Waals surface area (Å²) in [5.74, 6) is 0.159. The molecule has 2 aromatic heterocycles. The van der Waals surface area contributed by atoms with E-state index in [2.05, 4.69) is 15.5 Å². The van der Waals surface area contributed by atoms with Gasteiger partial charge in [0.2, 0.25) is 0 Å². The molecule has 0 radical (unpaired) electrons. The molecule has 2 unspecified atom stereocenters. The molecule has 2 aromatic rings. The average Bonchev–Trinajstić information content (AvgIpc) is 2.82. The molecule has 6 nitrogen and oxygen atoms in total. The normalized spacial score (nSPS) is 24.2. The number of nitrogens with zero attached hydrogens (tertiary/aromatic N) is 2. The minimum absolute atomic E-state index is 0.139. The summed E-state index contributed by atoms with van der Waals surface area (Å²) >= 11 is 0. The first-order valence-corrected chi connectivity index (χ1v) is 5.90. The number of piperidine rings is 1. The molecular weight excluding hydrogens is 234 g/mol. The Morgan fingerprint density at radius 2 is 2.28 bits per heavy atom. The fraction of sp³-hybridized carbons (Fsp3) is 0.417. The zero-order valence-corrected chi connectivity index (χ0v) is 9.67. The van der Waals surface area contributed by atoms with Crippen LogP contribution >= 0.6 is 0 Å². The lowest BCUT2D eigenvalue weighted by molar-refractivity contribution is -0.140. The summed E-state index contributed by atoms with van der Waals surface area (Å²) in [5.41, 5.74) is 0.699. The molecule has 1 saturated heterocycles. The van der Waals surface area contributed by atoms with Crippen molar-refractivity contribution in [3.05, 3.63) is 24.2 Å². The Hall–Kier alpha value is -1.95. The van der Waals surface area contributed by atoms with Crippen molar-refractivity contribution in [1.82, 2.24) is 15.5 Å². The second kappa shape index (κ2) is 4.38. The first-order valence-electron chi connectivity index (χ1n) is 5.90. The van der Waals surface area contributed by atoms with Crippen LogP contribution in [0.5, 0.6) is 0 Å². The first-order chi connectivity index (χ1) is 8.74. The van der Waals surface area contributed by atoms with Crippen LogP contribution in [0, 0.1) is 0 Å². The monoisotopic (exact) mass is 247 g/mol. The van der Waals surface area contributed by atoms with E-state index in [9.17, 15) is 4.79 Å². The average molecular weight is 247 g/mol. The molecule has 0 saturated carbocycles. The number of aromatic nitrogens is 2. The summed E-state index contributed by atoms with van der Waals surface area (Å²) in [6, 6.07) is 1.44. The summed E-state index contributed by atoms with van der Waals surface area (Å²) in [7, 11) is 0. The summed E-state index contributed by atoms with van der Waals surface area (Å²) in [6.45, 7) is 0.690. The molecular formula is C12H13N3O3. The molecule has 1 aliphatic heterocycles. The molecule has 0 aliphatic carbocycles. The van der Waals surface area contributed by atoms with Gasteiger partial charge in [0, 0.05) is 11.3 Å². The highest BCUT2D eigenvalue weighted by Gasteiger charge is 2.29. The number of furan rings is 1. The maximum absolute atomic E-state index is 11.0. The van der Waals surface area contributed by atoms with Crippen molar-refractivity contribution in [2.45, 2.75) is 24.8 Å². The fourth-order valence-electron chi connectivity index (χ4n) is 2.39. The zero-order chi connectivity index (χ0) is 12.5. The minimum Gasteiger partial charge on any atom is -0.480 e. The van der Waals surface area contributed by atoms with Crippen LogP contribution in [0.3, 0.4) is 0 Å². The Kier molecular flexibility index (Phi) is 2.71. The van der Waals surface area contributed by atoms with Crippen molar-refractivity contribution >= 4 is 16.9 Å². The van der Waals surface area contributed by atoms with Gasteiger partial charge in [0.25, 0.3) is 0 Å². The van der Waals surface area contributed by atoms with Gasteiger partial charge in [-0.05, 0) is 25.5 Å². The highest BCUT2D eigenvalue weighted by Crippen LogP contribution is 2.31. The Bertz CT molecular complexity index is 548. The molecule has 0 spiro atoms. The van der Waals surface area contributed by atoms with Gasteiger partial charge in [-0.25, -0.2) is 0 Å². The zero-order valence-electron chi connectivity index (χ0n) is 9.67. The highest BCUT2D eigenvalue weighted by molar-refractivity contribution is 5.76. The number of aliphatic carboxylic acids is 1. The highest BCUT2D eigenvalue weighted by atomic mass is 16.4. The summed E-state index contributed by atoms with van der Waals surface area (Å²) < 4.78 is 5.71. The van der Waals surface area contributed by atoms with Crippen LogP contribution in [-0.4, -0.2) is 33.9 Å². The van der Waals surface area contributed by atoms with Crippen LogP contribution in [0.4, 0.5) is 0 Å². The number of carboxylic acid groups (broad SMARTS) is 1. The molecule has 3 rings (SSSR count). The van der Waals surface area contributed by atoms with E-state index in [0.29, 0.717) is 18.5 Å². The maximum Gasteiger partial charge on any atom is 0.320 e. The number of carbonyl (C=O) groups is 1. The molecule has 6 heteroatoms. The van der Waals surface area contributed by atoms with Crippen LogP contribution in [-0.2, 0) is 4.79 Å². The van der Waals surface area contributed by atoms with E-state index in [-0.39, 0.29) is 5.92 Å². The van der Waals surface area contributed by atoms with E-state index in [1.165, 1.54) is 0 Å². The van der Waals surface area contributed by atoms with Crippen molar-refractivity contribution in [3.63, 3.8) is 0 Å². The van der Waals surface area contributed by atoms with Gasteiger partial charge < -0.3 is 14.8 Å². The van der Waals surface area contributed by atoms with E-state index in [1.807, 2.05) is 6.07 Å². The maximum atomic E-state index is 11.0. The molecule has 2 atom stereocenters. The number of rotatable bonds is 2. The van der Waals surface area contributed by atoms with Gasteiger partial charge in [-0.2, -0.15) is 10.2 Å². The van der Waals surface area contributed by atoms with E-state index >= 15 is 0 Å². The number of nitrogens with one attached hydrogen (secondary N) is 1. The van der Waals surface area contributed by atoms with Crippen molar-refractivity contribution in [2.75, 3.05) is 6.54 Å². The van der Waals surface area contributed by atoms with Gasteiger partial charge in [0.15, 0.2) is 5.58 Å². The van der Waals surface area contributed by atoms with E-state index in [0.717, 1.165) is 17.6 Å². The van der Waals surface area contributed by atoms with Crippen LogP contribution < -0.4 is 5.32 Å². The van der Waals surface area contributed by atoms with Crippen LogP contribution in [0.1, 0.15) is 24.5 Å². The summed E-state index contributed by atoms with van der Waals surface area (Å²) in [4.78, 5) is 11.0. The molecule has 0 amide bonds. The van der Waals surface area contributed by atoms with Crippen molar-refractivity contribution < 1.29 is 14.3 Å². The van der Waals surface area contributed by atoms with Crippen LogP contribution in [0.15, 0.2) is 22.9 Å². The predicted octanol–water partition coefficient (Wildman–Crippen LogP) is 1.14. The standard InChI is InChI=1S/C12H13N3O3/c16-12(17)9-3-7(1-2-13-9)10-4-8-5-14-15-6-11(8)18-10/h4-7,9,13H,1-3H2,(H,16,17). The molecule has 2 N–H and O–H groups in total. The third-order valence-electron chi connectivity index (χ3n) is 3.35. The quantitative estimate of drug-likeness (QED) is 0.827.